The number of hydrogen-bond acceptors (Lipinski definition) is 1. The van der Waals surface area contributed by atoms with Crippen LogP contribution >= 0.6 is 15.9 Å². The molecule has 1 fully saturated rings. The Morgan fingerprint density at radius 3 is 2.59 bits per heavy atom. The van der Waals surface area contributed by atoms with E-state index in [1.54, 1.807) is 0 Å². The third kappa shape index (κ3) is 2.94. The van der Waals surface area contributed by atoms with E-state index in [-0.39, 0.29) is 0 Å². The number of nitrogens with one attached hydrogen (secondary N) is 1. The average molecular weight is 308 g/mol. The Hall–Kier alpha value is -0.710. The van der Waals surface area contributed by atoms with E-state index in [2.05, 4.69) is 28.2 Å². The molecule has 1 aromatic carbocycles. The van der Waals surface area contributed by atoms with Gasteiger partial charge < -0.3 is 5.32 Å². The van der Waals surface area contributed by atoms with E-state index < -0.39 is 11.7 Å². The summed E-state index contributed by atoms with van der Waals surface area (Å²) >= 11 is 3.18. The minimum Gasteiger partial charge on any atom is -0.381 e. The van der Waals surface area contributed by atoms with Gasteiger partial charge in [-0.25, -0.2) is 0 Å². The van der Waals surface area contributed by atoms with Gasteiger partial charge in [-0.05, 0) is 46.5 Å². The van der Waals surface area contributed by atoms with Crippen molar-refractivity contribution in [1.29, 1.82) is 0 Å². The quantitative estimate of drug-likeness (QED) is 0.855. The summed E-state index contributed by atoms with van der Waals surface area (Å²) in [6.45, 7) is 2.12. The molecule has 0 amide bonds. The molecule has 0 spiro atoms. The molecule has 1 aliphatic rings. The van der Waals surface area contributed by atoms with Crippen molar-refractivity contribution in [3.63, 3.8) is 0 Å². The summed E-state index contributed by atoms with van der Waals surface area (Å²) in [6, 6.07) is 4.12. The molecule has 0 heterocycles. The maximum atomic E-state index is 12.4. The molecule has 0 aromatic heterocycles. The zero-order valence-corrected chi connectivity index (χ0v) is 10.9. The number of rotatable bonds is 3. The fraction of sp³-hybridized carbons (Fsp3) is 0.500. The predicted molar refractivity (Wildman–Crippen MR) is 65.0 cm³/mol. The zero-order chi connectivity index (χ0) is 12.6. The topological polar surface area (TPSA) is 12.0 Å². The van der Waals surface area contributed by atoms with Gasteiger partial charge in [0.2, 0.25) is 0 Å². The van der Waals surface area contributed by atoms with Crippen molar-refractivity contribution in [3.8, 4) is 0 Å². The van der Waals surface area contributed by atoms with Gasteiger partial charge in [-0.3, -0.25) is 0 Å². The summed E-state index contributed by atoms with van der Waals surface area (Å²) in [6.07, 6.45) is -2.08. The molecule has 2 rings (SSSR count). The van der Waals surface area contributed by atoms with Gasteiger partial charge in [0, 0.05) is 16.2 Å². The average Bonchev–Trinajstić information content (AvgIpc) is 2.98. The second-order valence-corrected chi connectivity index (χ2v) is 5.20. The Morgan fingerprint density at radius 2 is 2.12 bits per heavy atom. The number of alkyl halides is 3. The van der Waals surface area contributed by atoms with Crippen LogP contribution in [0.3, 0.4) is 0 Å². The lowest BCUT2D eigenvalue weighted by atomic mass is 10.2. The molecule has 0 bridgehead atoms. The molecule has 1 N–H and O–H groups in total. The minimum absolute atomic E-state index is 0.410. The van der Waals surface area contributed by atoms with Crippen LogP contribution in [0, 0.1) is 5.92 Å². The number of hydrogen-bond donors (Lipinski definition) is 1. The van der Waals surface area contributed by atoms with E-state index in [4.69, 9.17) is 0 Å². The lowest BCUT2D eigenvalue weighted by Gasteiger charge is -2.11. The predicted octanol–water partition coefficient (Wildman–Crippen LogP) is 4.68. The lowest BCUT2D eigenvalue weighted by molar-refractivity contribution is -0.137. The zero-order valence-electron chi connectivity index (χ0n) is 9.31. The summed E-state index contributed by atoms with van der Waals surface area (Å²) in [5.41, 5.74) is 0.108. The number of anilines is 1. The van der Waals surface area contributed by atoms with Crippen LogP contribution in [-0.4, -0.2) is 6.04 Å². The van der Waals surface area contributed by atoms with Crippen molar-refractivity contribution in [2.24, 2.45) is 5.92 Å². The Labute approximate surface area is 107 Å². The molecule has 0 saturated heterocycles. The second kappa shape index (κ2) is 4.52. The Balaban J connectivity index is 2.10. The highest BCUT2D eigenvalue weighted by atomic mass is 79.9. The van der Waals surface area contributed by atoms with Crippen molar-refractivity contribution in [3.05, 3.63) is 28.2 Å². The molecule has 1 nitrogen and oxygen atoms in total. The molecular weight excluding hydrogens is 295 g/mol. The fourth-order valence-electron chi connectivity index (χ4n) is 1.88. The van der Waals surface area contributed by atoms with E-state index in [9.17, 15) is 13.2 Å². The molecule has 2 atom stereocenters. The maximum absolute atomic E-state index is 12.4. The van der Waals surface area contributed by atoms with E-state index in [1.807, 2.05) is 0 Å². The van der Waals surface area contributed by atoms with Crippen molar-refractivity contribution >= 4 is 21.6 Å². The summed E-state index contributed by atoms with van der Waals surface area (Å²) in [5, 5.41) is 3.25. The first-order valence-corrected chi connectivity index (χ1v) is 6.34. The summed E-state index contributed by atoms with van der Waals surface area (Å²) < 4.78 is 37.8. The van der Waals surface area contributed by atoms with Crippen LogP contribution in [0.4, 0.5) is 18.9 Å². The van der Waals surface area contributed by atoms with Gasteiger partial charge in [0.25, 0.3) is 0 Å². The molecule has 5 heteroatoms. The first-order valence-electron chi connectivity index (χ1n) is 5.55. The first-order chi connectivity index (χ1) is 7.91. The highest BCUT2D eigenvalue weighted by Crippen LogP contribution is 2.39. The lowest BCUT2D eigenvalue weighted by Crippen LogP contribution is -2.08. The van der Waals surface area contributed by atoms with Crippen molar-refractivity contribution in [2.45, 2.75) is 32.0 Å². The molecule has 17 heavy (non-hydrogen) atoms. The van der Waals surface area contributed by atoms with E-state index in [1.165, 1.54) is 6.07 Å². The van der Waals surface area contributed by atoms with Crippen LogP contribution in [0.1, 0.15) is 25.3 Å². The van der Waals surface area contributed by atoms with Crippen LogP contribution in [0.15, 0.2) is 22.7 Å². The second-order valence-electron chi connectivity index (χ2n) is 4.35. The van der Waals surface area contributed by atoms with Crippen molar-refractivity contribution in [1.82, 2.24) is 0 Å². The van der Waals surface area contributed by atoms with Crippen molar-refractivity contribution in [2.75, 3.05) is 5.32 Å². The number of benzene rings is 1. The third-order valence-electron chi connectivity index (χ3n) is 3.08. The third-order valence-corrected chi connectivity index (χ3v) is 3.74. The molecule has 1 aliphatic carbocycles. The smallest absolute Gasteiger partial charge is 0.381 e. The SMILES string of the molecule is CCC1CC1Nc1ccc(C(F)(F)F)cc1Br. The van der Waals surface area contributed by atoms with E-state index in [0.29, 0.717) is 16.4 Å². The highest BCUT2D eigenvalue weighted by molar-refractivity contribution is 9.10. The molecular formula is C12H13BrF3N. The maximum Gasteiger partial charge on any atom is 0.416 e. The van der Waals surface area contributed by atoms with Gasteiger partial charge in [-0.15, -0.1) is 0 Å². The molecule has 94 valence electrons. The van der Waals surface area contributed by atoms with Crippen molar-refractivity contribution < 1.29 is 13.2 Å². The summed E-state index contributed by atoms with van der Waals surface area (Å²) in [7, 11) is 0. The largest absolute Gasteiger partial charge is 0.416 e. The number of halogens is 4. The fourth-order valence-corrected chi connectivity index (χ4v) is 2.38. The van der Waals surface area contributed by atoms with E-state index >= 15 is 0 Å². The minimum atomic E-state index is -4.29. The van der Waals surface area contributed by atoms with Gasteiger partial charge in [-0.2, -0.15) is 13.2 Å². The van der Waals surface area contributed by atoms with Gasteiger partial charge in [-0.1, -0.05) is 13.3 Å². The highest BCUT2D eigenvalue weighted by Gasteiger charge is 2.36. The molecule has 1 aromatic rings. The van der Waals surface area contributed by atoms with Crippen LogP contribution in [-0.2, 0) is 6.18 Å². The molecule has 0 aliphatic heterocycles. The van der Waals surface area contributed by atoms with Crippen LogP contribution < -0.4 is 5.32 Å². The standard InChI is InChI=1S/C12H13BrF3N/c1-2-7-5-11(7)17-10-4-3-8(6-9(10)13)12(14,15)16/h3-4,6-7,11,17H,2,5H2,1H3. The molecule has 1 saturated carbocycles. The van der Waals surface area contributed by atoms with Gasteiger partial charge in [0.1, 0.15) is 0 Å². The normalized spacial score (nSPS) is 23.6. The summed E-state index contributed by atoms with van der Waals surface area (Å²) in [4.78, 5) is 0. The Kier molecular flexibility index (Phi) is 3.39. The summed E-state index contributed by atoms with van der Waals surface area (Å²) in [5.74, 6) is 0.657. The first kappa shape index (κ1) is 12.7. The van der Waals surface area contributed by atoms with Crippen LogP contribution in [0.25, 0.3) is 0 Å². The van der Waals surface area contributed by atoms with Gasteiger partial charge in [0.15, 0.2) is 0 Å². The van der Waals surface area contributed by atoms with Gasteiger partial charge in [0.05, 0.1) is 5.56 Å². The molecule has 2 unspecified atom stereocenters. The van der Waals surface area contributed by atoms with Crippen LogP contribution in [0.2, 0.25) is 0 Å². The monoisotopic (exact) mass is 307 g/mol. The Bertz CT molecular complexity index is 417. The van der Waals surface area contributed by atoms with Crippen LogP contribution in [0.5, 0.6) is 0 Å². The Morgan fingerprint density at radius 1 is 1.41 bits per heavy atom. The van der Waals surface area contributed by atoms with Gasteiger partial charge >= 0.3 is 6.18 Å². The van der Waals surface area contributed by atoms with E-state index in [0.717, 1.165) is 30.7 Å². The molecule has 0 radical (unpaired) electrons.